The molecule has 0 radical (unpaired) electrons. The number of carbonyl (C=O) groups excluding carboxylic acids is 1. The fraction of sp³-hybridized carbons (Fsp3) is 0.500. The van der Waals surface area contributed by atoms with Crippen molar-refractivity contribution in [3.63, 3.8) is 0 Å². The highest BCUT2D eigenvalue weighted by molar-refractivity contribution is 5.94. The topological polar surface area (TPSA) is 106 Å². The predicted octanol–water partition coefficient (Wildman–Crippen LogP) is 1.72. The van der Waals surface area contributed by atoms with Gasteiger partial charge in [-0.25, -0.2) is 14.6 Å². The molecule has 0 unspecified atom stereocenters. The van der Waals surface area contributed by atoms with Crippen molar-refractivity contribution in [3.8, 4) is 0 Å². The molecule has 1 aromatic heterocycles. The molecule has 2 aliphatic heterocycles. The summed E-state index contributed by atoms with van der Waals surface area (Å²) < 4.78 is 10.1. The fourth-order valence-corrected chi connectivity index (χ4v) is 2.69. The summed E-state index contributed by atoms with van der Waals surface area (Å²) in [5, 5.41) is 6.87. The number of oxime groups is 1. The summed E-state index contributed by atoms with van der Waals surface area (Å²) in [6.07, 6.45) is 0.967. The van der Waals surface area contributed by atoms with Crippen LogP contribution in [0, 0.1) is 0 Å². The van der Waals surface area contributed by atoms with Crippen LogP contribution in [0.5, 0.6) is 0 Å². The van der Waals surface area contributed by atoms with Crippen LogP contribution in [-0.4, -0.2) is 42.4 Å². The fourth-order valence-electron chi connectivity index (χ4n) is 2.69. The van der Waals surface area contributed by atoms with Crippen molar-refractivity contribution in [2.75, 3.05) is 25.0 Å². The van der Waals surface area contributed by atoms with E-state index in [0.717, 1.165) is 11.1 Å². The van der Waals surface area contributed by atoms with E-state index >= 15 is 0 Å². The van der Waals surface area contributed by atoms with Crippen molar-refractivity contribution >= 4 is 23.7 Å². The van der Waals surface area contributed by atoms with Gasteiger partial charge in [-0.05, 0) is 18.9 Å². The molecular weight excluding hydrogens is 328 g/mol. The first kappa shape index (κ1) is 17.0. The normalized spacial score (nSPS) is 17.8. The summed E-state index contributed by atoms with van der Waals surface area (Å²) in [6, 6.07) is 1.64. The molecule has 9 heteroatoms. The largest absolute Gasteiger partial charge is 0.450 e. The highest BCUT2D eigenvalue weighted by atomic mass is 16.6. The Bertz CT molecular complexity index is 783. The molecular formula is C16H20N4O5. The van der Waals surface area contributed by atoms with Gasteiger partial charge in [0.2, 0.25) is 5.88 Å². The van der Waals surface area contributed by atoms with Crippen LogP contribution in [0.25, 0.3) is 0 Å². The number of anilines is 1. The first-order valence-electron chi connectivity index (χ1n) is 8.22. The summed E-state index contributed by atoms with van der Waals surface area (Å²) in [5.74, 6) is 0.342. The third-order valence-electron chi connectivity index (χ3n) is 3.97. The van der Waals surface area contributed by atoms with Gasteiger partial charge in [0.1, 0.15) is 0 Å². The Morgan fingerprint density at radius 3 is 3.08 bits per heavy atom. The molecule has 9 nitrogen and oxygen atoms in total. The van der Waals surface area contributed by atoms with Crippen LogP contribution < -0.4 is 10.9 Å². The predicted molar refractivity (Wildman–Crippen MR) is 90.8 cm³/mol. The van der Waals surface area contributed by atoms with Gasteiger partial charge in [0.15, 0.2) is 0 Å². The number of rotatable bonds is 3. The number of hydrogen-bond acceptors (Lipinski definition) is 8. The minimum atomic E-state index is -0.420. The van der Waals surface area contributed by atoms with E-state index in [1.807, 2.05) is 6.92 Å². The lowest BCUT2D eigenvalue weighted by molar-refractivity contribution is 0.117. The van der Waals surface area contributed by atoms with Crippen LogP contribution >= 0.6 is 0 Å². The maximum atomic E-state index is 11.7. The van der Waals surface area contributed by atoms with Crippen molar-refractivity contribution < 1.29 is 18.8 Å². The molecule has 2 aliphatic rings. The molecule has 1 amide bonds. The van der Waals surface area contributed by atoms with E-state index in [1.165, 1.54) is 6.07 Å². The SMILES string of the molecule is CCOC(=O)N1CC/C(=N/OC2=NCc3c(CC)cc(=O)oc3N2)C1. The zero-order valence-corrected chi connectivity index (χ0v) is 14.2. The molecule has 0 aliphatic carbocycles. The Balaban J connectivity index is 1.63. The Hall–Kier alpha value is -2.84. The van der Waals surface area contributed by atoms with Crippen LogP contribution in [0.2, 0.25) is 0 Å². The molecule has 1 saturated heterocycles. The molecule has 3 rings (SSSR count). The quantitative estimate of drug-likeness (QED) is 0.834. The van der Waals surface area contributed by atoms with E-state index in [4.69, 9.17) is 14.0 Å². The lowest BCUT2D eigenvalue weighted by Crippen LogP contribution is -2.29. The number of hydrogen-bond donors (Lipinski definition) is 1. The molecule has 0 saturated carbocycles. The van der Waals surface area contributed by atoms with Gasteiger partial charge in [-0.15, -0.1) is 0 Å². The highest BCUT2D eigenvalue weighted by Crippen LogP contribution is 2.23. The standard InChI is InChI=1S/C16H20N4O5/c1-3-10-7-13(21)24-14-12(10)8-17-15(18-14)25-19-11-5-6-20(9-11)16(22)23-4-2/h7H,3-6,8-9H2,1-2H3,(H,17,18)/b19-11-. The Morgan fingerprint density at radius 2 is 2.32 bits per heavy atom. The third-order valence-corrected chi connectivity index (χ3v) is 3.97. The lowest BCUT2D eigenvalue weighted by atomic mass is 10.1. The van der Waals surface area contributed by atoms with Crippen LogP contribution in [0.4, 0.5) is 10.7 Å². The average Bonchev–Trinajstić information content (AvgIpc) is 3.08. The van der Waals surface area contributed by atoms with Crippen LogP contribution in [0.3, 0.4) is 0 Å². The zero-order valence-electron chi connectivity index (χ0n) is 14.2. The molecule has 0 spiro atoms. The van der Waals surface area contributed by atoms with Crippen molar-refractivity contribution in [2.45, 2.75) is 33.2 Å². The van der Waals surface area contributed by atoms with E-state index in [-0.39, 0.29) is 12.1 Å². The number of amides is 1. The van der Waals surface area contributed by atoms with Crippen molar-refractivity contribution in [2.24, 2.45) is 10.1 Å². The monoisotopic (exact) mass is 348 g/mol. The summed E-state index contributed by atoms with van der Waals surface area (Å²) >= 11 is 0. The van der Waals surface area contributed by atoms with Gasteiger partial charge in [0.05, 0.1) is 25.4 Å². The third kappa shape index (κ3) is 3.81. The maximum absolute atomic E-state index is 11.7. The smallest absolute Gasteiger partial charge is 0.410 e. The molecule has 1 fully saturated rings. The zero-order chi connectivity index (χ0) is 17.8. The summed E-state index contributed by atoms with van der Waals surface area (Å²) in [7, 11) is 0. The number of aliphatic imine (C=N–C) groups is 1. The molecule has 0 aromatic carbocycles. The maximum Gasteiger partial charge on any atom is 0.410 e. The minimum absolute atomic E-state index is 0.158. The van der Waals surface area contributed by atoms with E-state index in [0.29, 0.717) is 50.7 Å². The lowest BCUT2D eigenvalue weighted by Gasteiger charge is -2.16. The van der Waals surface area contributed by atoms with Crippen molar-refractivity contribution in [1.82, 2.24) is 4.90 Å². The van der Waals surface area contributed by atoms with Gasteiger partial charge >= 0.3 is 17.7 Å². The second-order valence-electron chi connectivity index (χ2n) is 5.62. The van der Waals surface area contributed by atoms with E-state index in [2.05, 4.69) is 15.5 Å². The number of nitrogens with one attached hydrogen (secondary N) is 1. The summed E-state index contributed by atoms with van der Waals surface area (Å²) in [5.41, 5.74) is 2.04. The number of amidine groups is 1. The molecule has 25 heavy (non-hydrogen) atoms. The van der Waals surface area contributed by atoms with Crippen molar-refractivity contribution in [3.05, 3.63) is 27.6 Å². The van der Waals surface area contributed by atoms with Gasteiger partial charge in [-0.1, -0.05) is 12.1 Å². The number of ether oxygens (including phenoxy) is 1. The first-order chi connectivity index (χ1) is 12.1. The van der Waals surface area contributed by atoms with Crippen LogP contribution in [0.1, 0.15) is 31.4 Å². The first-order valence-corrected chi connectivity index (χ1v) is 8.22. The van der Waals surface area contributed by atoms with Gasteiger partial charge in [-0.2, -0.15) is 0 Å². The van der Waals surface area contributed by atoms with Gasteiger partial charge < -0.3 is 18.9 Å². The van der Waals surface area contributed by atoms with Crippen LogP contribution in [-0.2, 0) is 22.5 Å². The Morgan fingerprint density at radius 1 is 1.48 bits per heavy atom. The number of likely N-dealkylation sites (tertiary alicyclic amines) is 1. The van der Waals surface area contributed by atoms with Gasteiger partial charge in [0.25, 0.3) is 0 Å². The number of nitrogens with zero attached hydrogens (tertiary/aromatic N) is 3. The van der Waals surface area contributed by atoms with E-state index < -0.39 is 5.63 Å². The van der Waals surface area contributed by atoms with E-state index in [1.54, 1.807) is 11.8 Å². The Kier molecular flexibility index (Phi) is 5.01. The van der Waals surface area contributed by atoms with Crippen molar-refractivity contribution in [1.29, 1.82) is 0 Å². The average molecular weight is 348 g/mol. The van der Waals surface area contributed by atoms with Crippen LogP contribution in [0.15, 0.2) is 25.4 Å². The molecule has 1 aromatic rings. The molecule has 134 valence electrons. The van der Waals surface area contributed by atoms with Gasteiger partial charge in [0, 0.05) is 24.6 Å². The van der Waals surface area contributed by atoms with E-state index in [9.17, 15) is 9.59 Å². The minimum Gasteiger partial charge on any atom is -0.450 e. The molecule has 0 atom stereocenters. The highest BCUT2D eigenvalue weighted by Gasteiger charge is 2.25. The molecule has 0 bridgehead atoms. The number of aryl methyl sites for hydroxylation is 1. The second-order valence-corrected chi connectivity index (χ2v) is 5.62. The summed E-state index contributed by atoms with van der Waals surface area (Å²) in [4.78, 5) is 34.4. The molecule has 3 heterocycles. The molecule has 1 N–H and O–H groups in total. The second kappa shape index (κ2) is 7.37. The van der Waals surface area contributed by atoms with Gasteiger partial charge in [-0.3, -0.25) is 5.32 Å². The Labute approximate surface area is 144 Å². The number of carbonyl (C=O) groups is 1. The number of fused-ring (bicyclic) bond motifs is 1. The summed E-state index contributed by atoms with van der Waals surface area (Å²) in [6.45, 7) is 5.31.